The topological polar surface area (TPSA) is 114 Å². The molecule has 1 aromatic carbocycles. The molecule has 8 heteroatoms. The number of amides is 1. The van der Waals surface area contributed by atoms with E-state index in [2.05, 4.69) is 20.6 Å². The molecule has 5 rings (SSSR count). The van der Waals surface area contributed by atoms with Gasteiger partial charge in [-0.15, -0.1) is 0 Å². The Morgan fingerprint density at radius 1 is 1.28 bits per heavy atom. The molecular formula is C21H24N6O2. The maximum atomic E-state index is 12.9. The van der Waals surface area contributed by atoms with Crippen molar-refractivity contribution in [3.63, 3.8) is 0 Å². The van der Waals surface area contributed by atoms with Crippen LogP contribution in [0.2, 0.25) is 0 Å². The van der Waals surface area contributed by atoms with E-state index in [1.807, 2.05) is 25.1 Å². The lowest BCUT2D eigenvalue weighted by molar-refractivity contribution is -0.140. The fourth-order valence-corrected chi connectivity index (χ4v) is 4.82. The summed E-state index contributed by atoms with van der Waals surface area (Å²) >= 11 is 0. The largest absolute Gasteiger partial charge is 0.390 e. The molecule has 0 unspecified atom stereocenters. The van der Waals surface area contributed by atoms with E-state index < -0.39 is 11.1 Å². The Bertz CT molecular complexity index is 990. The average molecular weight is 392 g/mol. The fourth-order valence-electron chi connectivity index (χ4n) is 4.82. The first-order valence-corrected chi connectivity index (χ1v) is 9.86. The van der Waals surface area contributed by atoms with E-state index in [0.29, 0.717) is 31.5 Å². The van der Waals surface area contributed by atoms with Gasteiger partial charge in [-0.1, -0.05) is 12.1 Å². The first-order chi connectivity index (χ1) is 13.8. The van der Waals surface area contributed by atoms with Crippen LogP contribution >= 0.6 is 0 Å². The standard InChI is InChI=1S/C21H24N6O2/c1-12-10-24-17(11-23-12)25-16-5-3-4-15-14(16)8-21(15)9-18(28)27(19(22)26-21)13-6-20(2,29)7-13/h3-5,10-11,13,29H,6-9H2,1-2H3,(H2,22,26)(H,24,25)/t13-,20+,21-/m0/s1. The number of benzene rings is 1. The summed E-state index contributed by atoms with van der Waals surface area (Å²) in [6.07, 6.45) is 5.42. The van der Waals surface area contributed by atoms with E-state index in [1.54, 1.807) is 19.3 Å². The summed E-state index contributed by atoms with van der Waals surface area (Å²) in [5.74, 6) is 0.756. The maximum absolute atomic E-state index is 12.9. The van der Waals surface area contributed by atoms with Crippen LogP contribution in [0.4, 0.5) is 11.5 Å². The molecule has 8 nitrogen and oxygen atoms in total. The van der Waals surface area contributed by atoms with E-state index in [1.165, 1.54) is 4.90 Å². The van der Waals surface area contributed by atoms with Gasteiger partial charge in [0.1, 0.15) is 5.82 Å². The number of aromatic nitrogens is 2. The van der Waals surface area contributed by atoms with Gasteiger partial charge in [0.25, 0.3) is 0 Å². The zero-order valence-electron chi connectivity index (χ0n) is 16.5. The summed E-state index contributed by atoms with van der Waals surface area (Å²) in [5.41, 5.74) is 2.72. The number of rotatable bonds is 3. The minimum Gasteiger partial charge on any atom is -0.390 e. The molecule has 1 aliphatic heterocycles. The van der Waals surface area contributed by atoms with Crippen molar-refractivity contribution in [1.82, 2.24) is 20.2 Å². The molecule has 2 aromatic rings. The fraction of sp³-hybridized carbons (Fsp3) is 0.429. The third-order valence-corrected chi connectivity index (χ3v) is 6.25. The Morgan fingerprint density at radius 3 is 2.72 bits per heavy atom. The maximum Gasteiger partial charge on any atom is 0.232 e. The second-order valence-corrected chi connectivity index (χ2v) is 8.73. The Balaban J connectivity index is 1.36. The molecule has 1 spiro atoms. The molecule has 1 aromatic heterocycles. The third-order valence-electron chi connectivity index (χ3n) is 6.25. The number of guanidine groups is 1. The van der Waals surface area contributed by atoms with E-state index in [9.17, 15) is 9.90 Å². The average Bonchev–Trinajstić information content (AvgIpc) is 2.62. The number of aliphatic hydroxyl groups is 1. The van der Waals surface area contributed by atoms with Gasteiger partial charge in [-0.2, -0.15) is 0 Å². The molecule has 3 aliphatic rings. The van der Waals surface area contributed by atoms with Crippen molar-refractivity contribution < 1.29 is 9.90 Å². The SMILES string of the molecule is Cc1cnc(Nc2cccc3c2C[C@]32CC(=O)N([C@H]3C[C@@](C)(O)C3)C(=N)N2)cn1. The van der Waals surface area contributed by atoms with Crippen LogP contribution in [0.15, 0.2) is 30.6 Å². The van der Waals surface area contributed by atoms with Crippen LogP contribution in [-0.4, -0.2) is 43.5 Å². The number of nitrogens with zero attached hydrogens (tertiary/aromatic N) is 3. The van der Waals surface area contributed by atoms with Crippen LogP contribution in [0.3, 0.4) is 0 Å². The molecule has 1 saturated heterocycles. The highest BCUT2D eigenvalue weighted by molar-refractivity contribution is 6.00. The van der Waals surface area contributed by atoms with Gasteiger partial charge < -0.3 is 15.7 Å². The molecule has 0 bridgehead atoms. The predicted molar refractivity (Wildman–Crippen MR) is 108 cm³/mol. The number of hydrogen-bond donors (Lipinski definition) is 4. The first-order valence-electron chi connectivity index (χ1n) is 9.86. The molecule has 1 atom stereocenters. The molecule has 150 valence electrons. The van der Waals surface area contributed by atoms with Gasteiger partial charge in [-0.3, -0.25) is 20.1 Å². The van der Waals surface area contributed by atoms with Crippen LogP contribution in [-0.2, 0) is 16.8 Å². The van der Waals surface area contributed by atoms with Gasteiger partial charge in [-0.25, -0.2) is 4.98 Å². The third kappa shape index (κ3) is 2.86. The molecule has 2 aliphatic carbocycles. The van der Waals surface area contributed by atoms with Gasteiger partial charge in [-0.05, 0) is 43.9 Å². The minimum atomic E-state index is -0.733. The zero-order valence-corrected chi connectivity index (χ0v) is 16.5. The number of hydrogen-bond acceptors (Lipinski definition) is 6. The lowest BCUT2D eigenvalue weighted by Crippen LogP contribution is -2.69. The molecule has 0 radical (unpaired) electrons. The summed E-state index contributed by atoms with van der Waals surface area (Å²) < 4.78 is 0. The molecule has 1 amide bonds. The van der Waals surface area contributed by atoms with Crippen molar-refractivity contribution in [3.8, 4) is 0 Å². The van der Waals surface area contributed by atoms with E-state index in [0.717, 1.165) is 22.5 Å². The van der Waals surface area contributed by atoms with Crippen molar-refractivity contribution in [1.29, 1.82) is 5.41 Å². The van der Waals surface area contributed by atoms with E-state index in [-0.39, 0.29) is 17.9 Å². The predicted octanol–water partition coefficient (Wildman–Crippen LogP) is 1.95. The summed E-state index contributed by atoms with van der Waals surface area (Å²) in [6.45, 7) is 3.66. The molecule has 2 heterocycles. The number of fused-ring (bicyclic) bond motifs is 2. The lowest BCUT2D eigenvalue weighted by atomic mass is 9.66. The Hall–Kier alpha value is -3.00. The highest BCUT2D eigenvalue weighted by Crippen LogP contribution is 2.48. The Kier molecular flexibility index (Phi) is 3.73. The quantitative estimate of drug-likeness (QED) is 0.635. The van der Waals surface area contributed by atoms with Crippen molar-refractivity contribution in [2.24, 2.45) is 0 Å². The summed E-state index contributed by atoms with van der Waals surface area (Å²) in [6, 6.07) is 5.87. The van der Waals surface area contributed by atoms with Crippen LogP contribution < -0.4 is 10.6 Å². The minimum absolute atomic E-state index is 0.0531. The number of nitrogens with one attached hydrogen (secondary N) is 3. The summed E-state index contributed by atoms with van der Waals surface area (Å²) in [5, 5.41) is 25.0. The number of carbonyl (C=O) groups excluding carboxylic acids is 1. The normalized spacial score (nSPS) is 30.3. The second kappa shape index (κ2) is 6.00. The van der Waals surface area contributed by atoms with Crippen molar-refractivity contribution in [2.45, 2.75) is 56.7 Å². The first kappa shape index (κ1) is 18.1. The van der Waals surface area contributed by atoms with Crippen LogP contribution in [0, 0.1) is 12.3 Å². The molecule has 1 saturated carbocycles. The van der Waals surface area contributed by atoms with E-state index in [4.69, 9.17) is 5.41 Å². The summed E-state index contributed by atoms with van der Waals surface area (Å²) in [7, 11) is 0. The smallest absolute Gasteiger partial charge is 0.232 e. The lowest BCUT2D eigenvalue weighted by Gasteiger charge is -2.54. The second-order valence-electron chi connectivity index (χ2n) is 8.73. The zero-order chi connectivity index (χ0) is 20.4. The van der Waals surface area contributed by atoms with Gasteiger partial charge >= 0.3 is 0 Å². The summed E-state index contributed by atoms with van der Waals surface area (Å²) in [4.78, 5) is 23.0. The molecule has 2 fully saturated rings. The number of carbonyl (C=O) groups is 1. The molecule has 4 N–H and O–H groups in total. The van der Waals surface area contributed by atoms with Gasteiger partial charge in [0.15, 0.2) is 5.96 Å². The van der Waals surface area contributed by atoms with Crippen molar-refractivity contribution in [3.05, 3.63) is 47.4 Å². The van der Waals surface area contributed by atoms with Crippen LogP contribution in [0.25, 0.3) is 0 Å². The van der Waals surface area contributed by atoms with Gasteiger partial charge in [0, 0.05) is 18.2 Å². The monoisotopic (exact) mass is 392 g/mol. The van der Waals surface area contributed by atoms with Gasteiger partial charge in [0.2, 0.25) is 5.91 Å². The molecule has 29 heavy (non-hydrogen) atoms. The molecular weight excluding hydrogens is 368 g/mol. The van der Waals surface area contributed by atoms with Crippen LogP contribution in [0.1, 0.15) is 43.0 Å². The van der Waals surface area contributed by atoms with Gasteiger partial charge in [0.05, 0.1) is 35.6 Å². The number of aryl methyl sites for hydroxylation is 1. The highest BCUT2D eigenvalue weighted by atomic mass is 16.3. The highest BCUT2D eigenvalue weighted by Gasteiger charge is 2.54. The Morgan fingerprint density at radius 2 is 2.07 bits per heavy atom. The number of anilines is 2. The van der Waals surface area contributed by atoms with E-state index >= 15 is 0 Å². The van der Waals surface area contributed by atoms with Crippen LogP contribution in [0.5, 0.6) is 0 Å². The Labute approximate surface area is 168 Å². The van der Waals surface area contributed by atoms with Crippen molar-refractivity contribution in [2.75, 3.05) is 5.32 Å². The van der Waals surface area contributed by atoms with Crippen molar-refractivity contribution >= 4 is 23.4 Å².